The zero-order chi connectivity index (χ0) is 15.7. The minimum Gasteiger partial charge on any atom is -0.493 e. The van der Waals surface area contributed by atoms with Crippen LogP contribution in [0, 0.1) is 0 Å². The van der Waals surface area contributed by atoms with Gasteiger partial charge in [-0.1, -0.05) is 11.3 Å². The van der Waals surface area contributed by atoms with Crippen LogP contribution in [-0.2, 0) is 7.05 Å². The summed E-state index contributed by atoms with van der Waals surface area (Å²) < 4.78 is 18.4. The molecule has 0 aliphatic rings. The summed E-state index contributed by atoms with van der Waals surface area (Å²) in [4.78, 5) is 16.7. The van der Waals surface area contributed by atoms with Crippen LogP contribution in [0.3, 0.4) is 0 Å². The summed E-state index contributed by atoms with van der Waals surface area (Å²) in [6, 6.07) is 6.98. The van der Waals surface area contributed by atoms with Gasteiger partial charge < -0.3 is 18.5 Å². The highest BCUT2D eigenvalue weighted by Crippen LogP contribution is 2.32. The average molecular weight is 318 g/mol. The van der Waals surface area contributed by atoms with Crippen LogP contribution in [0.15, 0.2) is 39.9 Å². The Labute approximate surface area is 130 Å². The zero-order valence-corrected chi connectivity index (χ0v) is 13.1. The van der Waals surface area contributed by atoms with Crippen molar-refractivity contribution in [2.75, 3.05) is 14.2 Å². The topological polar surface area (TPSA) is 66.0 Å². The summed E-state index contributed by atoms with van der Waals surface area (Å²) in [5.74, 6) is 1.08. The molecule has 2 heterocycles. The first-order valence-corrected chi connectivity index (χ1v) is 7.30. The molecule has 0 spiro atoms. The number of fused-ring (bicyclic) bond motifs is 1. The largest absolute Gasteiger partial charge is 0.493 e. The number of nitrogens with zero attached hydrogens (tertiary/aromatic N) is 2. The molecule has 0 atom stereocenters. The number of ether oxygens (including phenoxy) is 2. The molecule has 0 saturated carbocycles. The van der Waals surface area contributed by atoms with E-state index in [1.54, 1.807) is 26.4 Å². The number of carbonyl (C=O) groups is 1. The van der Waals surface area contributed by atoms with E-state index in [1.165, 1.54) is 17.6 Å². The SMILES string of the molecule is COc1cc2sc(=NC(=O)c3ccco3)n(C)c2cc1OC. The first-order valence-electron chi connectivity index (χ1n) is 6.48. The van der Waals surface area contributed by atoms with Crippen molar-refractivity contribution in [3.05, 3.63) is 41.1 Å². The Hall–Kier alpha value is -2.54. The van der Waals surface area contributed by atoms with Crippen LogP contribution >= 0.6 is 11.3 Å². The number of thiazole rings is 1. The number of hydrogen-bond acceptors (Lipinski definition) is 5. The van der Waals surface area contributed by atoms with E-state index >= 15 is 0 Å². The second-order valence-electron chi connectivity index (χ2n) is 4.51. The maximum Gasteiger partial charge on any atom is 0.315 e. The molecule has 2 aromatic heterocycles. The normalized spacial score (nSPS) is 11.9. The number of aryl methyl sites for hydroxylation is 1. The molecule has 0 aliphatic carbocycles. The van der Waals surface area contributed by atoms with Gasteiger partial charge in [-0.15, -0.1) is 0 Å². The maximum absolute atomic E-state index is 12.0. The third-order valence-corrected chi connectivity index (χ3v) is 4.34. The summed E-state index contributed by atoms with van der Waals surface area (Å²) >= 11 is 1.40. The summed E-state index contributed by atoms with van der Waals surface area (Å²) in [6.07, 6.45) is 1.45. The van der Waals surface area contributed by atoms with E-state index in [1.807, 2.05) is 23.7 Å². The van der Waals surface area contributed by atoms with Gasteiger partial charge in [-0.05, 0) is 12.1 Å². The molecule has 114 valence electrons. The molecular formula is C15H14N2O4S. The summed E-state index contributed by atoms with van der Waals surface area (Å²) in [5.41, 5.74) is 0.911. The summed E-state index contributed by atoms with van der Waals surface area (Å²) in [7, 11) is 5.02. The molecule has 0 saturated heterocycles. The smallest absolute Gasteiger partial charge is 0.315 e. The number of amides is 1. The van der Waals surface area contributed by atoms with E-state index in [0.717, 1.165) is 10.2 Å². The maximum atomic E-state index is 12.0. The first-order chi connectivity index (χ1) is 10.6. The molecule has 0 fully saturated rings. The van der Waals surface area contributed by atoms with Crippen LogP contribution < -0.4 is 14.3 Å². The molecule has 0 N–H and O–H groups in total. The lowest BCUT2D eigenvalue weighted by Gasteiger charge is -2.07. The van der Waals surface area contributed by atoms with Crippen molar-refractivity contribution >= 4 is 27.5 Å². The number of aromatic nitrogens is 1. The second kappa shape index (κ2) is 5.69. The minimum atomic E-state index is -0.411. The Bertz CT molecular complexity index is 890. The van der Waals surface area contributed by atoms with Gasteiger partial charge in [-0.3, -0.25) is 4.79 Å². The van der Waals surface area contributed by atoms with Gasteiger partial charge in [0.05, 0.1) is 30.7 Å². The number of carbonyl (C=O) groups excluding carboxylic acids is 1. The van der Waals surface area contributed by atoms with Gasteiger partial charge in [0, 0.05) is 19.2 Å². The van der Waals surface area contributed by atoms with Crippen molar-refractivity contribution in [3.8, 4) is 11.5 Å². The highest BCUT2D eigenvalue weighted by Gasteiger charge is 2.12. The first kappa shape index (κ1) is 14.4. The molecule has 0 bridgehead atoms. The fourth-order valence-corrected chi connectivity index (χ4v) is 3.13. The van der Waals surface area contributed by atoms with E-state index in [-0.39, 0.29) is 5.76 Å². The fourth-order valence-electron chi connectivity index (χ4n) is 2.10. The molecule has 6 nitrogen and oxygen atoms in total. The average Bonchev–Trinajstić information content (AvgIpc) is 3.15. The summed E-state index contributed by atoms with van der Waals surface area (Å²) in [6.45, 7) is 0. The Balaban J connectivity index is 2.15. The van der Waals surface area contributed by atoms with Gasteiger partial charge in [0.2, 0.25) is 0 Å². The lowest BCUT2D eigenvalue weighted by Crippen LogP contribution is -2.13. The van der Waals surface area contributed by atoms with Crippen molar-refractivity contribution < 1.29 is 18.7 Å². The third-order valence-electron chi connectivity index (χ3n) is 3.24. The van der Waals surface area contributed by atoms with Gasteiger partial charge in [-0.25, -0.2) is 0 Å². The van der Waals surface area contributed by atoms with Gasteiger partial charge >= 0.3 is 5.91 Å². The quantitative estimate of drug-likeness (QED) is 0.744. The van der Waals surface area contributed by atoms with Gasteiger partial charge in [0.15, 0.2) is 22.1 Å². The molecule has 1 amide bonds. The molecular weight excluding hydrogens is 304 g/mol. The molecule has 22 heavy (non-hydrogen) atoms. The van der Waals surface area contributed by atoms with E-state index < -0.39 is 5.91 Å². The zero-order valence-electron chi connectivity index (χ0n) is 12.3. The van der Waals surface area contributed by atoms with Crippen LogP contribution in [-0.4, -0.2) is 24.7 Å². The summed E-state index contributed by atoms with van der Waals surface area (Å²) in [5, 5.41) is 0. The molecule has 0 aliphatic heterocycles. The molecule has 1 aromatic carbocycles. The highest BCUT2D eigenvalue weighted by molar-refractivity contribution is 7.16. The van der Waals surface area contributed by atoms with Crippen molar-refractivity contribution in [2.24, 2.45) is 12.0 Å². The van der Waals surface area contributed by atoms with Crippen LogP contribution in [0.4, 0.5) is 0 Å². The van der Waals surface area contributed by atoms with Crippen molar-refractivity contribution in [2.45, 2.75) is 0 Å². The van der Waals surface area contributed by atoms with Crippen molar-refractivity contribution in [3.63, 3.8) is 0 Å². The van der Waals surface area contributed by atoms with Crippen LogP contribution in [0.25, 0.3) is 10.2 Å². The molecule has 0 unspecified atom stereocenters. The van der Waals surface area contributed by atoms with E-state index in [9.17, 15) is 4.79 Å². The molecule has 0 radical (unpaired) electrons. The molecule has 3 aromatic rings. The van der Waals surface area contributed by atoms with Crippen molar-refractivity contribution in [1.29, 1.82) is 0 Å². The minimum absolute atomic E-state index is 0.215. The number of rotatable bonds is 3. The van der Waals surface area contributed by atoms with Gasteiger partial charge in [0.25, 0.3) is 0 Å². The standard InChI is InChI=1S/C15H14N2O4S/c1-17-9-7-11(19-2)12(20-3)8-13(9)22-15(17)16-14(18)10-5-4-6-21-10/h4-8H,1-3H3. The van der Waals surface area contributed by atoms with E-state index in [2.05, 4.69) is 4.99 Å². The van der Waals surface area contributed by atoms with Crippen LogP contribution in [0.5, 0.6) is 11.5 Å². The predicted octanol–water partition coefficient (Wildman–Crippen LogP) is 2.59. The Morgan fingerprint density at radius 1 is 1.27 bits per heavy atom. The Morgan fingerprint density at radius 2 is 2.00 bits per heavy atom. The van der Waals surface area contributed by atoms with Gasteiger partial charge in [0.1, 0.15) is 0 Å². The predicted molar refractivity (Wildman–Crippen MR) is 82.5 cm³/mol. The van der Waals surface area contributed by atoms with Gasteiger partial charge in [-0.2, -0.15) is 4.99 Å². The van der Waals surface area contributed by atoms with Crippen molar-refractivity contribution in [1.82, 2.24) is 4.57 Å². The second-order valence-corrected chi connectivity index (χ2v) is 5.52. The number of hydrogen-bond donors (Lipinski definition) is 0. The molecule has 3 rings (SSSR count). The fraction of sp³-hybridized carbons (Fsp3) is 0.200. The Kier molecular flexibility index (Phi) is 3.72. The van der Waals surface area contributed by atoms with Crippen LogP contribution in [0.1, 0.15) is 10.6 Å². The monoisotopic (exact) mass is 318 g/mol. The third kappa shape index (κ3) is 2.39. The van der Waals surface area contributed by atoms with E-state index in [4.69, 9.17) is 13.9 Å². The van der Waals surface area contributed by atoms with E-state index in [0.29, 0.717) is 16.3 Å². The number of methoxy groups -OCH3 is 2. The lowest BCUT2D eigenvalue weighted by molar-refractivity contribution is 0.0971. The highest BCUT2D eigenvalue weighted by atomic mass is 32.1. The lowest BCUT2D eigenvalue weighted by atomic mass is 10.3. The Morgan fingerprint density at radius 3 is 2.64 bits per heavy atom. The number of benzene rings is 1. The number of furan rings is 1. The van der Waals surface area contributed by atoms with Crippen LogP contribution in [0.2, 0.25) is 0 Å². The molecule has 7 heteroatoms.